The minimum absolute atomic E-state index is 0. The molecule has 1 radical (unpaired) electrons. The van der Waals surface area contributed by atoms with Crippen LogP contribution >= 0.6 is 0 Å². The minimum atomic E-state index is -1.98. The Balaban J connectivity index is 0.00000110. The normalized spacial score (nSPS) is 10.1. The van der Waals surface area contributed by atoms with E-state index in [1.165, 1.54) is 10.7 Å². The summed E-state index contributed by atoms with van der Waals surface area (Å²) in [5.41, 5.74) is 0. The standard InChI is InChI=1S/3C6H5.Li.Sn.H/c3*1-2-4-6-5-3-1;;;/h3*1-5H;;;/q;;;+1;;-1. The third-order valence-corrected chi connectivity index (χ3v) is 11.0. The summed E-state index contributed by atoms with van der Waals surface area (Å²) in [6, 6.07) is 32.9. The molecule has 0 fully saturated rings. The van der Waals surface area contributed by atoms with Gasteiger partial charge in [0.25, 0.3) is 0 Å². The molecule has 0 spiro atoms. The predicted molar refractivity (Wildman–Crippen MR) is 85.1 cm³/mol. The van der Waals surface area contributed by atoms with Gasteiger partial charge in [0.15, 0.2) is 0 Å². The summed E-state index contributed by atoms with van der Waals surface area (Å²) in [5, 5.41) is 0. The molecular formula is C18H16LiSn. The molecule has 2 heteroatoms. The zero-order valence-electron chi connectivity index (χ0n) is 12.7. The number of hydrogen-bond acceptors (Lipinski definition) is 0. The van der Waals surface area contributed by atoms with Crippen molar-refractivity contribution in [3.8, 4) is 0 Å². The van der Waals surface area contributed by atoms with Crippen LogP contribution in [-0.4, -0.2) is 19.8 Å². The molecule has 0 saturated heterocycles. The molecule has 0 saturated carbocycles. The maximum absolute atomic E-state index is 2.29. The summed E-state index contributed by atoms with van der Waals surface area (Å²) < 4.78 is 4.59. The predicted octanol–water partition coefficient (Wildman–Crippen LogP) is -0.681. The van der Waals surface area contributed by atoms with Gasteiger partial charge in [-0.25, -0.2) is 0 Å². The molecular weight excluding hydrogens is 342 g/mol. The zero-order chi connectivity index (χ0) is 12.9. The van der Waals surface area contributed by atoms with Crippen molar-refractivity contribution in [2.75, 3.05) is 0 Å². The van der Waals surface area contributed by atoms with E-state index in [0.717, 1.165) is 0 Å². The Kier molecular flexibility index (Phi) is 5.97. The van der Waals surface area contributed by atoms with Gasteiger partial charge in [-0.05, 0) is 0 Å². The molecule has 0 aliphatic carbocycles. The second-order valence-corrected chi connectivity index (χ2v) is 11.6. The van der Waals surface area contributed by atoms with Crippen LogP contribution in [0.2, 0.25) is 0 Å². The molecule has 93 valence electrons. The van der Waals surface area contributed by atoms with Crippen LogP contribution in [0.5, 0.6) is 0 Å². The van der Waals surface area contributed by atoms with Gasteiger partial charge in [0, 0.05) is 0 Å². The molecule has 0 amide bonds. The van der Waals surface area contributed by atoms with Gasteiger partial charge < -0.3 is 1.43 Å². The Morgan fingerprint density at radius 2 is 0.700 bits per heavy atom. The zero-order valence-corrected chi connectivity index (χ0v) is 14.5. The van der Waals surface area contributed by atoms with Crippen LogP contribution in [0, 0.1) is 0 Å². The molecule has 0 nitrogen and oxygen atoms in total. The van der Waals surface area contributed by atoms with Crippen LogP contribution in [0.25, 0.3) is 0 Å². The monoisotopic (exact) mass is 359 g/mol. The molecule has 20 heavy (non-hydrogen) atoms. The van der Waals surface area contributed by atoms with Crippen molar-refractivity contribution in [3.63, 3.8) is 0 Å². The molecule has 0 aromatic heterocycles. The average molecular weight is 358 g/mol. The van der Waals surface area contributed by atoms with Crippen molar-refractivity contribution in [3.05, 3.63) is 91.0 Å². The first kappa shape index (κ1) is 15.4. The summed E-state index contributed by atoms with van der Waals surface area (Å²) in [6.45, 7) is 0. The summed E-state index contributed by atoms with van der Waals surface area (Å²) in [7, 11) is 0. The van der Waals surface area contributed by atoms with Crippen molar-refractivity contribution < 1.29 is 20.3 Å². The Bertz CT molecular complexity index is 535. The van der Waals surface area contributed by atoms with Crippen molar-refractivity contribution in [1.82, 2.24) is 0 Å². The fourth-order valence-electron chi connectivity index (χ4n) is 2.31. The first-order valence-corrected chi connectivity index (χ1v) is 10.8. The molecule has 0 aliphatic rings. The van der Waals surface area contributed by atoms with Gasteiger partial charge in [-0.3, -0.25) is 0 Å². The number of benzene rings is 3. The number of hydrogen-bond donors (Lipinski definition) is 0. The van der Waals surface area contributed by atoms with Crippen LogP contribution in [0.3, 0.4) is 0 Å². The molecule has 3 rings (SSSR count). The van der Waals surface area contributed by atoms with Gasteiger partial charge in [-0.2, -0.15) is 0 Å². The van der Waals surface area contributed by atoms with Gasteiger partial charge in [0.05, 0.1) is 0 Å². The fraction of sp³-hybridized carbons (Fsp3) is 0. The van der Waals surface area contributed by atoms with Crippen LogP contribution in [0.4, 0.5) is 0 Å². The molecule has 0 unspecified atom stereocenters. The van der Waals surface area contributed by atoms with Gasteiger partial charge >= 0.3 is 140 Å². The summed E-state index contributed by atoms with van der Waals surface area (Å²) in [5.74, 6) is 0. The van der Waals surface area contributed by atoms with E-state index in [1.807, 2.05) is 0 Å². The Morgan fingerprint density at radius 3 is 0.950 bits per heavy atom. The summed E-state index contributed by atoms with van der Waals surface area (Å²) >= 11 is -1.98. The topological polar surface area (TPSA) is 0 Å². The second kappa shape index (κ2) is 7.74. The van der Waals surface area contributed by atoms with Crippen molar-refractivity contribution in [2.45, 2.75) is 0 Å². The van der Waals surface area contributed by atoms with E-state index in [-0.39, 0.29) is 20.3 Å². The molecule has 0 N–H and O–H groups in total. The summed E-state index contributed by atoms with van der Waals surface area (Å²) in [4.78, 5) is 0. The Labute approximate surface area is 141 Å². The van der Waals surface area contributed by atoms with Crippen LogP contribution in [0.1, 0.15) is 1.43 Å². The average Bonchev–Trinajstić information content (AvgIpc) is 2.51. The van der Waals surface area contributed by atoms with E-state index < -0.39 is 19.8 Å². The van der Waals surface area contributed by atoms with Crippen molar-refractivity contribution in [1.29, 1.82) is 0 Å². The molecule has 3 aromatic carbocycles. The maximum atomic E-state index is 2.29. The molecule has 0 aliphatic heterocycles. The number of rotatable bonds is 3. The van der Waals surface area contributed by atoms with Gasteiger partial charge in [-0.1, -0.05) is 0 Å². The Hall–Kier alpha value is -0.944. The third kappa shape index (κ3) is 3.58. The third-order valence-electron chi connectivity index (χ3n) is 3.19. The van der Waals surface area contributed by atoms with Crippen LogP contribution < -0.4 is 29.6 Å². The Morgan fingerprint density at radius 1 is 0.450 bits per heavy atom. The van der Waals surface area contributed by atoms with Gasteiger partial charge in [-0.15, -0.1) is 0 Å². The molecule has 0 heterocycles. The fourth-order valence-corrected chi connectivity index (χ4v) is 9.67. The van der Waals surface area contributed by atoms with Gasteiger partial charge in [0.1, 0.15) is 0 Å². The van der Waals surface area contributed by atoms with Crippen LogP contribution in [-0.2, 0) is 0 Å². The first-order chi connectivity index (χ1) is 9.45. The van der Waals surface area contributed by atoms with Gasteiger partial charge in [0.2, 0.25) is 0 Å². The first-order valence-electron chi connectivity index (χ1n) is 6.48. The molecule has 3 aromatic rings. The van der Waals surface area contributed by atoms with E-state index in [0.29, 0.717) is 0 Å². The quantitative estimate of drug-likeness (QED) is 0.545. The van der Waals surface area contributed by atoms with Crippen LogP contribution in [0.15, 0.2) is 91.0 Å². The second-order valence-electron chi connectivity index (χ2n) is 4.47. The van der Waals surface area contributed by atoms with Crippen molar-refractivity contribution >= 4 is 30.5 Å². The van der Waals surface area contributed by atoms with E-state index in [4.69, 9.17) is 0 Å². The molecule has 0 atom stereocenters. The van der Waals surface area contributed by atoms with E-state index in [2.05, 4.69) is 91.0 Å². The van der Waals surface area contributed by atoms with E-state index in [1.54, 1.807) is 0 Å². The van der Waals surface area contributed by atoms with E-state index in [9.17, 15) is 0 Å². The van der Waals surface area contributed by atoms with Crippen molar-refractivity contribution in [2.24, 2.45) is 0 Å². The van der Waals surface area contributed by atoms with E-state index >= 15 is 0 Å². The SMILES string of the molecule is [H-].[Li+].c1cc[c]([Sn]([c]2ccccc2)[c]2ccccc2)cc1. The summed E-state index contributed by atoms with van der Waals surface area (Å²) in [6.07, 6.45) is 0. The molecule has 0 bridgehead atoms.